The first-order valence-corrected chi connectivity index (χ1v) is 15.2. The summed E-state index contributed by atoms with van der Waals surface area (Å²) in [6, 6.07) is 15.6. The molecule has 1 unspecified atom stereocenters. The minimum Gasteiger partial charge on any atom is -0.493 e. The van der Waals surface area contributed by atoms with Crippen LogP contribution >= 0.6 is 0 Å². The zero-order chi connectivity index (χ0) is 31.3. The molecule has 2 rings (SSSR count). The summed E-state index contributed by atoms with van der Waals surface area (Å²) < 4.78 is 5.95. The molecule has 42 heavy (non-hydrogen) atoms. The minimum absolute atomic E-state index is 0.0627. The number of carbonyl (C=O) groups is 3. The molecule has 0 bridgehead atoms. The van der Waals surface area contributed by atoms with Gasteiger partial charge in [-0.25, -0.2) is 4.79 Å². The Hall–Kier alpha value is -3.55. The predicted octanol–water partition coefficient (Wildman–Crippen LogP) is 6.68. The molecule has 3 amide bonds. The zero-order valence-electron chi connectivity index (χ0n) is 26.4. The van der Waals surface area contributed by atoms with E-state index in [0.29, 0.717) is 18.9 Å². The average molecular weight is 582 g/mol. The molecule has 0 fully saturated rings. The van der Waals surface area contributed by atoms with Crippen LogP contribution in [0.15, 0.2) is 54.6 Å². The van der Waals surface area contributed by atoms with Crippen molar-refractivity contribution in [3.63, 3.8) is 0 Å². The molecule has 0 radical (unpaired) electrons. The van der Waals surface area contributed by atoms with Crippen LogP contribution in [-0.2, 0) is 9.59 Å². The molecule has 0 aromatic heterocycles. The molecule has 5 atom stereocenters. The van der Waals surface area contributed by atoms with E-state index < -0.39 is 30.0 Å². The molecule has 0 aliphatic carbocycles. The largest absolute Gasteiger partial charge is 0.493 e. The first-order valence-electron chi connectivity index (χ1n) is 15.2. The molecule has 0 aliphatic rings. The Bertz CT molecular complexity index is 1110. The maximum Gasteiger partial charge on any atom is 0.405 e. The second-order valence-corrected chi connectivity index (χ2v) is 12.7. The Morgan fingerprint density at radius 3 is 2.07 bits per heavy atom. The lowest BCUT2D eigenvalue weighted by Gasteiger charge is -2.28. The van der Waals surface area contributed by atoms with Crippen LogP contribution < -0.4 is 20.7 Å². The number of nitrogens with one attached hydrogen (secondary N) is 3. The molecule has 0 aliphatic heterocycles. The Morgan fingerprint density at radius 1 is 0.857 bits per heavy atom. The quantitative estimate of drug-likeness (QED) is 0.177. The summed E-state index contributed by atoms with van der Waals surface area (Å²) in [6.45, 7) is 15.1. The Morgan fingerprint density at radius 2 is 1.50 bits per heavy atom. The fourth-order valence-electron chi connectivity index (χ4n) is 4.79. The van der Waals surface area contributed by atoms with Crippen LogP contribution in [-0.4, -0.2) is 42.2 Å². The van der Waals surface area contributed by atoms with Crippen LogP contribution in [0.5, 0.6) is 5.75 Å². The topological polar surface area (TPSA) is 117 Å². The van der Waals surface area contributed by atoms with Gasteiger partial charge in [0.15, 0.2) is 0 Å². The minimum atomic E-state index is -1.25. The molecule has 2 aromatic rings. The molecule has 232 valence electrons. The van der Waals surface area contributed by atoms with E-state index in [2.05, 4.69) is 50.6 Å². The fourth-order valence-corrected chi connectivity index (χ4v) is 4.79. The van der Waals surface area contributed by atoms with E-state index >= 15 is 0 Å². The summed E-state index contributed by atoms with van der Waals surface area (Å²) in [5.74, 6) is -0.00252. The summed E-state index contributed by atoms with van der Waals surface area (Å²) >= 11 is 0. The van der Waals surface area contributed by atoms with Crippen molar-refractivity contribution in [3.8, 4) is 5.75 Å². The highest BCUT2D eigenvalue weighted by Gasteiger charge is 2.29. The molecule has 2 aromatic carbocycles. The van der Waals surface area contributed by atoms with Gasteiger partial charge in [-0.2, -0.15) is 0 Å². The van der Waals surface area contributed by atoms with Gasteiger partial charge in [0, 0.05) is 6.54 Å². The van der Waals surface area contributed by atoms with Gasteiger partial charge < -0.3 is 25.8 Å². The van der Waals surface area contributed by atoms with Crippen LogP contribution in [0.1, 0.15) is 97.2 Å². The summed E-state index contributed by atoms with van der Waals surface area (Å²) in [7, 11) is 0. The molecule has 8 heteroatoms. The Kier molecular flexibility index (Phi) is 13.8. The third-order valence-corrected chi connectivity index (χ3v) is 7.57. The monoisotopic (exact) mass is 581 g/mol. The van der Waals surface area contributed by atoms with E-state index in [-0.39, 0.29) is 23.8 Å². The van der Waals surface area contributed by atoms with Crippen molar-refractivity contribution in [2.75, 3.05) is 13.2 Å². The number of carboxylic acid groups (broad SMARTS) is 1. The van der Waals surface area contributed by atoms with Crippen LogP contribution in [0.2, 0.25) is 0 Å². The lowest BCUT2D eigenvalue weighted by atomic mass is 9.84. The van der Waals surface area contributed by atoms with Crippen LogP contribution in [0.25, 0.3) is 0 Å². The van der Waals surface area contributed by atoms with Gasteiger partial charge in [0.1, 0.15) is 11.8 Å². The van der Waals surface area contributed by atoms with E-state index in [4.69, 9.17) is 4.74 Å². The molecular formula is C34H51N3O5. The van der Waals surface area contributed by atoms with Crippen LogP contribution in [0, 0.1) is 17.3 Å². The van der Waals surface area contributed by atoms with Gasteiger partial charge in [0.25, 0.3) is 0 Å². The van der Waals surface area contributed by atoms with Gasteiger partial charge in [0.2, 0.25) is 11.8 Å². The van der Waals surface area contributed by atoms with Gasteiger partial charge in [-0.3, -0.25) is 9.59 Å². The normalized spacial score (nSPS) is 15.0. The van der Waals surface area contributed by atoms with Gasteiger partial charge in [0.05, 0.1) is 18.6 Å². The maximum atomic E-state index is 13.3. The third kappa shape index (κ3) is 12.1. The smallest absolute Gasteiger partial charge is 0.405 e. The first-order chi connectivity index (χ1) is 19.8. The number of carbonyl (C=O) groups excluding carboxylic acids is 2. The van der Waals surface area contributed by atoms with E-state index in [9.17, 15) is 19.5 Å². The van der Waals surface area contributed by atoms with Crippen molar-refractivity contribution >= 4 is 17.9 Å². The Balaban J connectivity index is 2.21. The van der Waals surface area contributed by atoms with Crippen molar-refractivity contribution in [2.45, 2.75) is 92.2 Å². The van der Waals surface area contributed by atoms with Crippen molar-refractivity contribution < 1.29 is 24.2 Å². The average Bonchev–Trinajstić information content (AvgIpc) is 2.95. The summed E-state index contributed by atoms with van der Waals surface area (Å²) in [5, 5.41) is 17.8. The maximum absolute atomic E-state index is 13.3. The molecule has 0 saturated heterocycles. The van der Waals surface area contributed by atoms with E-state index in [1.165, 1.54) is 0 Å². The predicted molar refractivity (Wildman–Crippen MR) is 168 cm³/mol. The van der Waals surface area contributed by atoms with Crippen molar-refractivity contribution in [1.29, 1.82) is 0 Å². The number of hydrogen-bond acceptors (Lipinski definition) is 4. The standard InChI is InChI=1S/C34H51N3O5/c1-8-12-23(2)22-42-28-17-15-27(16-18-28)29(36-31(38)25(4)26-13-10-9-11-14-26)21-35-32(39)30(37-33(40)41)24(3)19-20-34(5,6)7/h9-11,13-18,23-25,29-30,37H,8,12,19-22H2,1-7H3,(H,35,39)(H,36,38)(H,40,41)/t23?,24-,25-,29+,30-/m0/s1. The van der Waals surface area contributed by atoms with Crippen LogP contribution in [0.4, 0.5) is 4.79 Å². The molecule has 0 heterocycles. The number of benzene rings is 2. The molecular weight excluding hydrogens is 530 g/mol. The first kappa shape index (κ1) is 34.7. The highest BCUT2D eigenvalue weighted by molar-refractivity contribution is 5.86. The lowest BCUT2D eigenvalue weighted by molar-refractivity contribution is -0.126. The second-order valence-electron chi connectivity index (χ2n) is 12.7. The highest BCUT2D eigenvalue weighted by Crippen LogP contribution is 2.25. The van der Waals surface area contributed by atoms with Crippen molar-refractivity contribution in [2.24, 2.45) is 17.3 Å². The van der Waals surface area contributed by atoms with Gasteiger partial charge in [-0.05, 0) is 66.7 Å². The molecule has 0 saturated carbocycles. The van der Waals surface area contributed by atoms with Gasteiger partial charge >= 0.3 is 6.09 Å². The summed E-state index contributed by atoms with van der Waals surface area (Å²) in [5.41, 5.74) is 1.76. The zero-order valence-corrected chi connectivity index (χ0v) is 26.4. The second kappa shape index (κ2) is 16.8. The number of ether oxygens (including phenoxy) is 1. The van der Waals surface area contributed by atoms with E-state index in [1.54, 1.807) is 0 Å². The Labute approximate surface area is 252 Å². The number of amides is 3. The summed E-state index contributed by atoms with van der Waals surface area (Å²) in [4.78, 5) is 38.2. The number of rotatable bonds is 16. The summed E-state index contributed by atoms with van der Waals surface area (Å²) in [6.07, 6.45) is 2.49. The van der Waals surface area contributed by atoms with E-state index in [1.807, 2.05) is 68.4 Å². The molecule has 8 nitrogen and oxygen atoms in total. The fraction of sp³-hybridized carbons (Fsp3) is 0.559. The van der Waals surface area contributed by atoms with Crippen molar-refractivity contribution in [1.82, 2.24) is 16.0 Å². The number of hydrogen-bond donors (Lipinski definition) is 4. The van der Waals surface area contributed by atoms with Gasteiger partial charge in [-0.1, -0.05) is 90.4 Å². The lowest BCUT2D eigenvalue weighted by Crippen LogP contribution is -2.51. The third-order valence-electron chi connectivity index (χ3n) is 7.57. The molecule has 4 N–H and O–H groups in total. The van der Waals surface area contributed by atoms with Crippen LogP contribution in [0.3, 0.4) is 0 Å². The molecule has 0 spiro atoms. The van der Waals surface area contributed by atoms with Gasteiger partial charge in [-0.15, -0.1) is 0 Å². The van der Waals surface area contributed by atoms with Crippen molar-refractivity contribution in [3.05, 3.63) is 65.7 Å². The van der Waals surface area contributed by atoms with E-state index in [0.717, 1.165) is 36.1 Å². The SMILES string of the molecule is CCCC(C)COc1ccc([C@@H](CNC(=O)[C@@H](NC(=O)O)[C@@H](C)CCC(C)(C)C)NC(=O)[C@@H](C)c2ccccc2)cc1. The highest BCUT2D eigenvalue weighted by atomic mass is 16.5.